The van der Waals surface area contributed by atoms with Gasteiger partial charge in [-0.05, 0) is 12.5 Å². The van der Waals surface area contributed by atoms with Gasteiger partial charge in [0.1, 0.15) is 0 Å². The molecule has 0 amide bonds. The average Bonchev–Trinajstić information content (AvgIpc) is 2.17. The number of hydrogen-bond acceptors (Lipinski definition) is 1. The molecule has 0 aliphatic carbocycles. The van der Waals surface area contributed by atoms with Crippen molar-refractivity contribution in [3.05, 3.63) is 18.5 Å². The van der Waals surface area contributed by atoms with Crippen LogP contribution in [0.15, 0.2) is 18.5 Å². The Hall–Kier alpha value is -0.920. The van der Waals surface area contributed by atoms with Gasteiger partial charge in [0.25, 0.3) is 0 Å². The highest BCUT2D eigenvalue weighted by atomic mass is 14.9. The average molecular weight is 124 g/mol. The van der Waals surface area contributed by atoms with E-state index >= 15 is 0 Å². The third kappa shape index (κ3) is 1.49. The first-order valence-electron chi connectivity index (χ1n) is 3.24. The van der Waals surface area contributed by atoms with E-state index in [0.717, 1.165) is 18.7 Å². The number of nitrogens with two attached hydrogens (primary N) is 1. The minimum atomic E-state index is 0.850. The van der Waals surface area contributed by atoms with Crippen LogP contribution in [-0.4, -0.2) is 4.57 Å². The number of nitrogen functional groups attached to an aromatic ring is 1. The Balaban J connectivity index is 2.61. The summed E-state index contributed by atoms with van der Waals surface area (Å²) in [6, 6.07) is 1.91. The molecule has 9 heavy (non-hydrogen) atoms. The summed E-state index contributed by atoms with van der Waals surface area (Å²) in [5.41, 5.74) is 6.34. The number of aryl methyl sites for hydroxylation is 1. The van der Waals surface area contributed by atoms with Crippen molar-refractivity contribution in [3.8, 4) is 0 Å². The lowest BCUT2D eigenvalue weighted by molar-refractivity contribution is 0.684. The van der Waals surface area contributed by atoms with E-state index in [0.29, 0.717) is 0 Å². The Morgan fingerprint density at radius 2 is 2.44 bits per heavy atom. The molecule has 2 N–H and O–H groups in total. The lowest BCUT2D eigenvalue weighted by Crippen LogP contribution is -1.91. The smallest absolute Gasteiger partial charge is 0.0493 e. The van der Waals surface area contributed by atoms with Crippen LogP contribution in [0.25, 0.3) is 0 Å². The molecule has 0 radical (unpaired) electrons. The first kappa shape index (κ1) is 6.20. The minimum absolute atomic E-state index is 0.850. The van der Waals surface area contributed by atoms with Gasteiger partial charge in [0.2, 0.25) is 0 Å². The summed E-state index contributed by atoms with van der Waals surface area (Å²) in [6.45, 7) is 3.22. The first-order chi connectivity index (χ1) is 4.33. The zero-order valence-corrected chi connectivity index (χ0v) is 5.67. The molecule has 0 saturated heterocycles. The first-order valence-corrected chi connectivity index (χ1v) is 3.24. The van der Waals surface area contributed by atoms with Crippen LogP contribution in [0, 0.1) is 0 Å². The van der Waals surface area contributed by atoms with E-state index in [9.17, 15) is 0 Å². The zero-order chi connectivity index (χ0) is 6.69. The monoisotopic (exact) mass is 124 g/mol. The molecule has 0 aromatic carbocycles. The summed E-state index contributed by atoms with van der Waals surface area (Å²) in [5, 5.41) is 0. The van der Waals surface area contributed by atoms with E-state index in [1.165, 1.54) is 0 Å². The van der Waals surface area contributed by atoms with Crippen LogP contribution in [0.1, 0.15) is 13.3 Å². The van der Waals surface area contributed by atoms with Crippen molar-refractivity contribution in [3.63, 3.8) is 0 Å². The van der Waals surface area contributed by atoms with Crippen LogP contribution in [0.3, 0.4) is 0 Å². The second-order valence-electron chi connectivity index (χ2n) is 2.18. The summed E-state index contributed by atoms with van der Waals surface area (Å²) >= 11 is 0. The lowest BCUT2D eigenvalue weighted by atomic mass is 10.5. The second-order valence-corrected chi connectivity index (χ2v) is 2.18. The molecule has 1 heterocycles. The lowest BCUT2D eigenvalue weighted by Gasteiger charge is -1.95. The van der Waals surface area contributed by atoms with Crippen molar-refractivity contribution in [2.75, 3.05) is 5.73 Å². The van der Waals surface area contributed by atoms with Gasteiger partial charge in [0.05, 0.1) is 0 Å². The summed E-state index contributed by atoms with van der Waals surface area (Å²) < 4.78 is 2.09. The molecule has 1 aromatic heterocycles. The Labute approximate surface area is 55.3 Å². The van der Waals surface area contributed by atoms with Gasteiger partial charge in [-0.1, -0.05) is 6.92 Å². The van der Waals surface area contributed by atoms with Crippen molar-refractivity contribution < 1.29 is 0 Å². The number of nitrogens with zero attached hydrogens (tertiary/aromatic N) is 1. The Bertz CT molecular complexity index is 179. The maximum absolute atomic E-state index is 5.49. The van der Waals surface area contributed by atoms with E-state index in [4.69, 9.17) is 5.73 Å². The number of anilines is 1. The summed E-state index contributed by atoms with van der Waals surface area (Å²) in [4.78, 5) is 0. The molecule has 1 rings (SSSR count). The molecule has 0 bridgehead atoms. The maximum Gasteiger partial charge on any atom is 0.0493 e. The molecule has 2 nitrogen and oxygen atoms in total. The van der Waals surface area contributed by atoms with Gasteiger partial charge >= 0.3 is 0 Å². The van der Waals surface area contributed by atoms with E-state index < -0.39 is 0 Å². The standard InChI is InChI=1S/C7H12N2/c1-2-4-9-5-3-7(8)6-9/h3,5-6H,2,4,8H2,1H3. The predicted octanol–water partition coefficient (Wildman–Crippen LogP) is 1.48. The quantitative estimate of drug-likeness (QED) is 0.636. The van der Waals surface area contributed by atoms with Crippen LogP contribution in [0.4, 0.5) is 5.69 Å². The van der Waals surface area contributed by atoms with Crippen LogP contribution >= 0.6 is 0 Å². The molecule has 0 saturated carbocycles. The highest BCUT2D eigenvalue weighted by Crippen LogP contribution is 2.01. The third-order valence-electron chi connectivity index (χ3n) is 1.26. The highest BCUT2D eigenvalue weighted by Gasteiger charge is 1.87. The minimum Gasteiger partial charge on any atom is -0.398 e. The molecular formula is C7H12N2. The van der Waals surface area contributed by atoms with Gasteiger partial charge in [-0.2, -0.15) is 0 Å². The molecule has 0 aliphatic heterocycles. The molecule has 50 valence electrons. The van der Waals surface area contributed by atoms with Crippen molar-refractivity contribution in [1.82, 2.24) is 4.57 Å². The third-order valence-corrected chi connectivity index (χ3v) is 1.26. The number of rotatable bonds is 2. The van der Waals surface area contributed by atoms with E-state index in [-0.39, 0.29) is 0 Å². The van der Waals surface area contributed by atoms with E-state index in [1.54, 1.807) is 0 Å². The molecule has 0 fully saturated rings. The fourth-order valence-electron chi connectivity index (χ4n) is 0.857. The van der Waals surface area contributed by atoms with Crippen molar-refractivity contribution in [2.45, 2.75) is 19.9 Å². The van der Waals surface area contributed by atoms with Gasteiger partial charge < -0.3 is 10.3 Å². The Morgan fingerprint density at radius 3 is 2.89 bits per heavy atom. The van der Waals surface area contributed by atoms with Gasteiger partial charge in [-0.3, -0.25) is 0 Å². The second kappa shape index (κ2) is 2.58. The Kier molecular flexibility index (Phi) is 1.78. The fraction of sp³-hybridized carbons (Fsp3) is 0.429. The Morgan fingerprint density at radius 1 is 1.67 bits per heavy atom. The van der Waals surface area contributed by atoms with Gasteiger partial charge in [-0.25, -0.2) is 0 Å². The van der Waals surface area contributed by atoms with Crippen molar-refractivity contribution in [1.29, 1.82) is 0 Å². The zero-order valence-electron chi connectivity index (χ0n) is 5.67. The number of hydrogen-bond donors (Lipinski definition) is 1. The normalized spacial score (nSPS) is 9.89. The fourth-order valence-corrected chi connectivity index (χ4v) is 0.857. The number of aromatic nitrogens is 1. The van der Waals surface area contributed by atoms with Crippen LogP contribution in [-0.2, 0) is 6.54 Å². The van der Waals surface area contributed by atoms with Crippen molar-refractivity contribution >= 4 is 5.69 Å². The topological polar surface area (TPSA) is 30.9 Å². The SMILES string of the molecule is CCCn1ccc(N)c1. The molecule has 2 heteroatoms. The molecule has 0 unspecified atom stereocenters. The van der Waals surface area contributed by atoms with Crippen molar-refractivity contribution in [2.24, 2.45) is 0 Å². The molecular weight excluding hydrogens is 112 g/mol. The maximum atomic E-state index is 5.49. The highest BCUT2D eigenvalue weighted by molar-refractivity contribution is 5.34. The molecule has 0 atom stereocenters. The predicted molar refractivity (Wildman–Crippen MR) is 39.1 cm³/mol. The van der Waals surface area contributed by atoms with Crippen LogP contribution < -0.4 is 5.73 Å². The molecule has 0 aliphatic rings. The van der Waals surface area contributed by atoms with Gasteiger partial charge in [-0.15, -0.1) is 0 Å². The van der Waals surface area contributed by atoms with E-state index in [1.807, 2.05) is 18.5 Å². The van der Waals surface area contributed by atoms with Gasteiger partial charge in [0.15, 0.2) is 0 Å². The summed E-state index contributed by atoms with van der Waals surface area (Å²) in [5.74, 6) is 0. The molecule has 0 spiro atoms. The summed E-state index contributed by atoms with van der Waals surface area (Å²) in [6.07, 6.45) is 5.11. The largest absolute Gasteiger partial charge is 0.398 e. The van der Waals surface area contributed by atoms with Crippen LogP contribution in [0.2, 0.25) is 0 Å². The molecule has 1 aromatic rings. The summed E-state index contributed by atoms with van der Waals surface area (Å²) in [7, 11) is 0. The van der Waals surface area contributed by atoms with Gasteiger partial charge in [0, 0.05) is 24.6 Å². The van der Waals surface area contributed by atoms with Crippen LogP contribution in [0.5, 0.6) is 0 Å². The van der Waals surface area contributed by atoms with E-state index in [2.05, 4.69) is 11.5 Å².